The van der Waals surface area contributed by atoms with Crippen molar-refractivity contribution in [2.75, 3.05) is 37.6 Å². The number of carboxylic acid groups (broad SMARTS) is 1. The molecule has 0 radical (unpaired) electrons. The molecule has 1 saturated carbocycles. The minimum atomic E-state index is -1.33. The van der Waals surface area contributed by atoms with E-state index in [1.807, 2.05) is 28.0 Å². The number of carbonyl (C=O) groups excluding carboxylic acids is 1. The first-order valence-electron chi connectivity index (χ1n) is 11.0. The van der Waals surface area contributed by atoms with Crippen molar-refractivity contribution in [1.29, 1.82) is 0 Å². The third-order valence-electron chi connectivity index (χ3n) is 6.24. The van der Waals surface area contributed by atoms with Crippen LogP contribution in [0.5, 0.6) is 0 Å². The van der Waals surface area contributed by atoms with E-state index in [1.54, 1.807) is 16.7 Å². The molecule has 1 aliphatic carbocycles. The second-order valence-electron chi connectivity index (χ2n) is 8.53. The zero-order valence-electron chi connectivity index (χ0n) is 17.9. The van der Waals surface area contributed by atoms with E-state index >= 15 is 4.39 Å². The van der Waals surface area contributed by atoms with Crippen LogP contribution in [0.1, 0.15) is 39.6 Å². The number of hydrogen-bond acceptors (Lipinski definition) is 6. The summed E-state index contributed by atoms with van der Waals surface area (Å²) < 4.78 is 16.7. The zero-order chi connectivity index (χ0) is 23.1. The van der Waals surface area contributed by atoms with Gasteiger partial charge in [-0.05, 0) is 18.9 Å². The second kappa shape index (κ2) is 8.40. The van der Waals surface area contributed by atoms with Gasteiger partial charge in [-0.25, -0.2) is 14.2 Å². The average molecular weight is 450 g/mol. The van der Waals surface area contributed by atoms with Crippen molar-refractivity contribution in [1.82, 2.24) is 14.5 Å². The summed E-state index contributed by atoms with van der Waals surface area (Å²) in [5.74, 6) is -1.80. The van der Waals surface area contributed by atoms with E-state index in [4.69, 9.17) is 0 Å². The number of benzene rings is 1. The maximum atomic E-state index is 15.0. The average Bonchev–Trinajstić information content (AvgIpc) is 3.66. The standard InChI is InChI=1S/C24H23FN4O4/c25-19-12-17-21(31)18(24(32)33)13-29(16-6-7-16)22(17)26-23(19)28-10-8-27(9-11-28)14-20(30)15-4-2-1-3-5-15/h1-5,12-13,16H,6-11,14H2,(H,32,33). The number of Topliss-reactive ketones (excluding diaryl/α,β-unsaturated/α-hetero) is 1. The van der Waals surface area contributed by atoms with Crippen molar-refractivity contribution < 1.29 is 19.1 Å². The Kier molecular flexibility index (Phi) is 5.41. The summed E-state index contributed by atoms with van der Waals surface area (Å²) in [6.07, 6.45) is 3.05. The minimum Gasteiger partial charge on any atom is -0.477 e. The van der Waals surface area contributed by atoms with Gasteiger partial charge in [-0.15, -0.1) is 0 Å². The number of aromatic nitrogens is 2. The van der Waals surface area contributed by atoms with Crippen molar-refractivity contribution >= 4 is 28.6 Å². The van der Waals surface area contributed by atoms with Gasteiger partial charge in [-0.2, -0.15) is 0 Å². The summed E-state index contributed by atoms with van der Waals surface area (Å²) in [4.78, 5) is 44.9. The fourth-order valence-corrected chi connectivity index (χ4v) is 4.28. The first-order chi connectivity index (χ1) is 15.9. The van der Waals surface area contributed by atoms with Gasteiger partial charge in [0.15, 0.2) is 17.4 Å². The molecule has 1 N–H and O–H groups in total. The maximum absolute atomic E-state index is 15.0. The Morgan fingerprint density at radius 2 is 1.79 bits per heavy atom. The summed E-state index contributed by atoms with van der Waals surface area (Å²) in [7, 11) is 0. The van der Waals surface area contributed by atoms with Crippen LogP contribution >= 0.6 is 0 Å². The number of rotatable bonds is 6. The van der Waals surface area contributed by atoms with Crippen molar-refractivity contribution in [3.63, 3.8) is 0 Å². The lowest BCUT2D eigenvalue weighted by atomic mass is 10.1. The number of anilines is 1. The lowest BCUT2D eigenvalue weighted by Gasteiger charge is -2.35. The highest BCUT2D eigenvalue weighted by Gasteiger charge is 2.29. The van der Waals surface area contributed by atoms with Crippen LogP contribution in [-0.2, 0) is 0 Å². The van der Waals surface area contributed by atoms with Crippen LogP contribution in [0.4, 0.5) is 10.2 Å². The Hall–Kier alpha value is -3.59. The highest BCUT2D eigenvalue weighted by Crippen LogP contribution is 2.37. The van der Waals surface area contributed by atoms with E-state index in [2.05, 4.69) is 4.98 Å². The van der Waals surface area contributed by atoms with Gasteiger partial charge >= 0.3 is 5.97 Å². The predicted octanol–water partition coefficient (Wildman–Crippen LogP) is 2.57. The second-order valence-corrected chi connectivity index (χ2v) is 8.53. The van der Waals surface area contributed by atoms with Crippen molar-refractivity contribution in [3.05, 3.63) is 69.8 Å². The molecule has 1 saturated heterocycles. The molecule has 0 unspecified atom stereocenters. The number of fused-ring (bicyclic) bond motifs is 1. The van der Waals surface area contributed by atoms with Crippen molar-refractivity contribution in [2.24, 2.45) is 0 Å². The van der Waals surface area contributed by atoms with Crippen LogP contribution in [0.15, 0.2) is 47.4 Å². The van der Waals surface area contributed by atoms with Crippen LogP contribution in [0.25, 0.3) is 11.0 Å². The minimum absolute atomic E-state index is 0.0184. The number of aromatic carboxylic acids is 1. The third-order valence-corrected chi connectivity index (χ3v) is 6.24. The molecule has 0 bridgehead atoms. The topological polar surface area (TPSA) is 95.7 Å². The van der Waals surface area contributed by atoms with Gasteiger partial charge in [0.2, 0.25) is 5.43 Å². The molecule has 2 fully saturated rings. The van der Waals surface area contributed by atoms with E-state index in [9.17, 15) is 19.5 Å². The number of nitrogens with zero attached hydrogens (tertiary/aromatic N) is 4. The fraction of sp³-hybridized carbons (Fsp3) is 0.333. The van der Waals surface area contributed by atoms with E-state index < -0.39 is 17.2 Å². The lowest BCUT2D eigenvalue weighted by Crippen LogP contribution is -2.48. The van der Waals surface area contributed by atoms with E-state index in [0.29, 0.717) is 43.9 Å². The molecule has 170 valence electrons. The molecule has 2 aliphatic rings. The SMILES string of the molecule is O=C(CN1CCN(c2nc3c(cc2F)c(=O)c(C(=O)O)cn3C2CC2)CC1)c1ccccc1. The van der Waals surface area contributed by atoms with Crippen LogP contribution in [0.3, 0.4) is 0 Å². The Morgan fingerprint density at radius 3 is 2.42 bits per heavy atom. The van der Waals surface area contributed by atoms with Crippen molar-refractivity contribution in [2.45, 2.75) is 18.9 Å². The van der Waals surface area contributed by atoms with Crippen LogP contribution in [0.2, 0.25) is 0 Å². The molecule has 9 heteroatoms. The highest BCUT2D eigenvalue weighted by molar-refractivity contribution is 5.97. The molecule has 0 atom stereocenters. The van der Waals surface area contributed by atoms with E-state index in [0.717, 1.165) is 18.9 Å². The molecule has 3 aromatic rings. The lowest BCUT2D eigenvalue weighted by molar-refractivity contribution is 0.0694. The number of carbonyl (C=O) groups is 2. The first-order valence-corrected chi connectivity index (χ1v) is 11.0. The van der Waals surface area contributed by atoms with Gasteiger partial charge in [0.25, 0.3) is 0 Å². The number of carboxylic acids is 1. The number of hydrogen-bond donors (Lipinski definition) is 1. The molecule has 1 aromatic carbocycles. The molecular weight excluding hydrogens is 427 g/mol. The molecule has 5 rings (SSSR count). The largest absolute Gasteiger partial charge is 0.477 e. The number of pyridine rings is 2. The molecule has 2 aromatic heterocycles. The van der Waals surface area contributed by atoms with Crippen LogP contribution in [0, 0.1) is 5.82 Å². The first kappa shape index (κ1) is 21.3. The summed E-state index contributed by atoms with van der Waals surface area (Å²) in [5.41, 5.74) is -0.122. The number of ketones is 1. The molecule has 0 amide bonds. The van der Waals surface area contributed by atoms with Gasteiger partial charge in [0.1, 0.15) is 11.2 Å². The molecular formula is C24H23FN4O4. The van der Waals surface area contributed by atoms with Gasteiger partial charge in [-0.1, -0.05) is 30.3 Å². The quantitative estimate of drug-likeness (QED) is 0.577. The number of piperazine rings is 1. The Bertz CT molecular complexity index is 1300. The van der Waals surface area contributed by atoms with Crippen LogP contribution < -0.4 is 10.3 Å². The van der Waals surface area contributed by atoms with E-state index in [1.165, 1.54) is 6.20 Å². The van der Waals surface area contributed by atoms with Gasteiger partial charge in [0, 0.05) is 44.0 Å². The Labute approximate surface area is 188 Å². The molecule has 1 aliphatic heterocycles. The van der Waals surface area contributed by atoms with Crippen molar-refractivity contribution in [3.8, 4) is 0 Å². The molecule has 3 heterocycles. The number of halogens is 1. The summed E-state index contributed by atoms with van der Waals surface area (Å²) in [6.45, 7) is 2.41. The monoisotopic (exact) mass is 450 g/mol. The van der Waals surface area contributed by atoms with Crippen LogP contribution in [-0.4, -0.2) is 64.0 Å². The Balaban J connectivity index is 1.38. The van der Waals surface area contributed by atoms with Gasteiger partial charge in [-0.3, -0.25) is 14.5 Å². The zero-order valence-corrected chi connectivity index (χ0v) is 17.9. The molecule has 0 spiro atoms. The summed E-state index contributed by atoms with van der Waals surface area (Å²) >= 11 is 0. The smallest absolute Gasteiger partial charge is 0.341 e. The summed E-state index contributed by atoms with van der Waals surface area (Å²) in [6, 6.07) is 10.3. The maximum Gasteiger partial charge on any atom is 0.341 e. The molecule has 33 heavy (non-hydrogen) atoms. The van der Waals surface area contributed by atoms with Gasteiger partial charge < -0.3 is 14.6 Å². The normalized spacial score (nSPS) is 16.8. The predicted molar refractivity (Wildman–Crippen MR) is 121 cm³/mol. The highest BCUT2D eigenvalue weighted by atomic mass is 19.1. The summed E-state index contributed by atoms with van der Waals surface area (Å²) in [5, 5.41) is 9.36. The van der Waals surface area contributed by atoms with Gasteiger partial charge in [0.05, 0.1) is 11.9 Å². The molecule has 8 nitrogen and oxygen atoms in total. The van der Waals surface area contributed by atoms with E-state index in [-0.39, 0.29) is 28.6 Å². The third kappa shape index (κ3) is 4.11. The fourth-order valence-electron chi connectivity index (χ4n) is 4.28. The Morgan fingerprint density at radius 1 is 1.09 bits per heavy atom.